The SMILES string of the molecule is O=P(O)(O)n1cnc(Cl)c1. The first-order valence-electron chi connectivity index (χ1n) is 2.26. The molecule has 0 aliphatic carbocycles. The van der Waals surface area contributed by atoms with E-state index in [1.807, 2.05) is 0 Å². The van der Waals surface area contributed by atoms with Gasteiger partial charge in [-0.25, -0.2) is 13.9 Å². The predicted molar refractivity (Wildman–Crippen MR) is 34.7 cm³/mol. The molecule has 0 aliphatic rings. The average molecular weight is 183 g/mol. The van der Waals surface area contributed by atoms with E-state index in [1.54, 1.807) is 0 Å². The molecule has 0 radical (unpaired) electrons. The molecule has 1 aromatic rings. The quantitative estimate of drug-likeness (QED) is 0.620. The predicted octanol–water partition coefficient (Wildman–Crippen LogP) is 0.477. The molecule has 7 heteroatoms. The fourth-order valence-corrected chi connectivity index (χ4v) is 1.10. The summed E-state index contributed by atoms with van der Waals surface area (Å²) in [6.07, 6.45) is 2.03. The van der Waals surface area contributed by atoms with E-state index in [4.69, 9.17) is 21.4 Å². The van der Waals surface area contributed by atoms with Crippen LogP contribution in [0.5, 0.6) is 0 Å². The maximum atomic E-state index is 10.4. The number of aromatic nitrogens is 2. The number of nitrogens with zero attached hydrogens (tertiary/aromatic N) is 2. The van der Waals surface area contributed by atoms with Crippen LogP contribution in [0, 0.1) is 0 Å². The maximum Gasteiger partial charge on any atom is 0.434 e. The van der Waals surface area contributed by atoms with Crippen molar-refractivity contribution in [2.45, 2.75) is 0 Å². The summed E-state index contributed by atoms with van der Waals surface area (Å²) in [5.41, 5.74) is 0. The van der Waals surface area contributed by atoms with E-state index in [-0.39, 0.29) is 5.15 Å². The minimum Gasteiger partial charge on any atom is -0.308 e. The van der Waals surface area contributed by atoms with Crippen LogP contribution in [0.15, 0.2) is 12.5 Å². The van der Waals surface area contributed by atoms with Crippen LogP contribution < -0.4 is 0 Å². The highest BCUT2D eigenvalue weighted by Gasteiger charge is 2.15. The molecule has 0 amide bonds. The lowest BCUT2D eigenvalue weighted by molar-refractivity contribution is 0.361. The van der Waals surface area contributed by atoms with Gasteiger partial charge in [0, 0.05) is 0 Å². The Kier molecular flexibility index (Phi) is 1.83. The lowest BCUT2D eigenvalue weighted by Gasteiger charge is -2.00. The van der Waals surface area contributed by atoms with Gasteiger partial charge in [-0.2, -0.15) is 0 Å². The van der Waals surface area contributed by atoms with Crippen LogP contribution in [-0.4, -0.2) is 19.1 Å². The summed E-state index contributed by atoms with van der Waals surface area (Å²) in [5.74, 6) is 0. The lowest BCUT2D eigenvalue weighted by Crippen LogP contribution is -1.89. The second-order valence-electron chi connectivity index (χ2n) is 1.59. The van der Waals surface area contributed by atoms with E-state index in [1.165, 1.54) is 0 Å². The van der Waals surface area contributed by atoms with E-state index < -0.39 is 7.75 Å². The maximum absolute atomic E-state index is 10.4. The molecule has 0 saturated heterocycles. The lowest BCUT2D eigenvalue weighted by atomic mass is 11.0. The van der Waals surface area contributed by atoms with Gasteiger partial charge < -0.3 is 9.79 Å². The Labute approximate surface area is 61.5 Å². The second-order valence-corrected chi connectivity index (χ2v) is 3.47. The Morgan fingerprint density at radius 2 is 2.30 bits per heavy atom. The molecule has 5 nitrogen and oxygen atoms in total. The van der Waals surface area contributed by atoms with Crippen LogP contribution in [0.25, 0.3) is 0 Å². The first-order chi connectivity index (χ1) is 4.50. The third-order valence-electron chi connectivity index (χ3n) is 0.839. The van der Waals surface area contributed by atoms with Gasteiger partial charge in [-0.1, -0.05) is 11.6 Å². The van der Waals surface area contributed by atoms with Crippen molar-refractivity contribution in [1.29, 1.82) is 0 Å². The first-order valence-corrected chi connectivity index (χ1v) is 4.20. The van der Waals surface area contributed by atoms with Crippen LogP contribution in [0.1, 0.15) is 0 Å². The largest absolute Gasteiger partial charge is 0.434 e. The Morgan fingerprint density at radius 1 is 1.70 bits per heavy atom. The molecule has 0 fully saturated rings. The number of hydrogen-bond donors (Lipinski definition) is 2. The molecule has 1 rings (SSSR count). The zero-order chi connectivity index (χ0) is 7.78. The van der Waals surface area contributed by atoms with Gasteiger partial charge in [0.25, 0.3) is 0 Å². The van der Waals surface area contributed by atoms with E-state index >= 15 is 0 Å². The summed E-state index contributed by atoms with van der Waals surface area (Å²) in [6.45, 7) is 0. The molecule has 10 heavy (non-hydrogen) atoms. The molecule has 1 heterocycles. The van der Waals surface area contributed by atoms with Crippen LogP contribution in [-0.2, 0) is 4.57 Å². The van der Waals surface area contributed by atoms with E-state index in [0.29, 0.717) is 4.34 Å². The van der Waals surface area contributed by atoms with Gasteiger partial charge in [-0.05, 0) is 0 Å². The first kappa shape index (κ1) is 7.75. The van der Waals surface area contributed by atoms with Crippen LogP contribution in [0.4, 0.5) is 0 Å². The van der Waals surface area contributed by atoms with E-state index in [0.717, 1.165) is 12.5 Å². The molecule has 0 aliphatic heterocycles. The summed E-state index contributed by atoms with van der Waals surface area (Å²) in [4.78, 5) is 20.4. The molecule has 56 valence electrons. The number of rotatable bonds is 1. The van der Waals surface area contributed by atoms with Crippen molar-refractivity contribution in [2.75, 3.05) is 0 Å². The zero-order valence-electron chi connectivity index (χ0n) is 4.68. The summed E-state index contributed by atoms with van der Waals surface area (Å²) in [7, 11) is -4.23. The Balaban J connectivity index is 3.08. The van der Waals surface area contributed by atoms with Crippen LogP contribution in [0.2, 0.25) is 5.15 Å². The van der Waals surface area contributed by atoms with Crippen molar-refractivity contribution in [2.24, 2.45) is 0 Å². The standard InChI is InChI=1S/C3H4ClN2O3P/c4-3-1-6(2-5-3)10(7,8)9/h1-2H,(H2,7,8,9). The van der Waals surface area contributed by atoms with E-state index in [9.17, 15) is 4.57 Å². The minimum absolute atomic E-state index is 0.0586. The number of imidazole rings is 1. The molecule has 1 aromatic heterocycles. The van der Waals surface area contributed by atoms with Gasteiger partial charge in [0.2, 0.25) is 0 Å². The third-order valence-corrected chi connectivity index (χ3v) is 1.85. The normalized spacial score (nSPS) is 11.9. The Morgan fingerprint density at radius 3 is 2.50 bits per heavy atom. The smallest absolute Gasteiger partial charge is 0.308 e. The highest BCUT2D eigenvalue weighted by atomic mass is 35.5. The summed E-state index contributed by atoms with van der Waals surface area (Å²) >= 11 is 5.29. The van der Waals surface area contributed by atoms with E-state index in [2.05, 4.69) is 4.98 Å². The molecule has 0 unspecified atom stereocenters. The van der Waals surface area contributed by atoms with Crippen LogP contribution >= 0.6 is 19.3 Å². The van der Waals surface area contributed by atoms with Gasteiger partial charge in [-0.3, -0.25) is 0 Å². The number of hydrogen-bond acceptors (Lipinski definition) is 2. The highest BCUT2D eigenvalue weighted by Crippen LogP contribution is 2.36. The van der Waals surface area contributed by atoms with Crippen molar-refractivity contribution in [3.05, 3.63) is 17.7 Å². The Hall–Kier alpha value is -0.350. The monoisotopic (exact) mass is 182 g/mol. The fourth-order valence-electron chi connectivity index (χ4n) is 0.433. The van der Waals surface area contributed by atoms with Gasteiger partial charge in [0.15, 0.2) is 0 Å². The molecular formula is C3H4ClN2O3P. The molecule has 0 bridgehead atoms. The van der Waals surface area contributed by atoms with Crippen molar-refractivity contribution in [3.8, 4) is 0 Å². The van der Waals surface area contributed by atoms with Gasteiger partial charge >= 0.3 is 7.75 Å². The molecule has 2 N–H and O–H groups in total. The summed E-state index contributed by atoms with van der Waals surface area (Å²) < 4.78 is 11.1. The Bertz CT molecular complexity index is 279. The van der Waals surface area contributed by atoms with Crippen molar-refractivity contribution >= 4 is 19.3 Å². The van der Waals surface area contributed by atoms with Gasteiger partial charge in [0.1, 0.15) is 11.5 Å². The zero-order valence-corrected chi connectivity index (χ0v) is 6.33. The topological polar surface area (TPSA) is 75.3 Å². The fraction of sp³-hybridized carbons (Fsp3) is 0. The van der Waals surface area contributed by atoms with Crippen molar-refractivity contribution < 1.29 is 14.4 Å². The van der Waals surface area contributed by atoms with Gasteiger partial charge in [-0.15, -0.1) is 0 Å². The van der Waals surface area contributed by atoms with Crippen LogP contribution in [0.3, 0.4) is 0 Å². The molecule has 0 saturated carbocycles. The molecule has 0 atom stereocenters. The molecule has 0 aromatic carbocycles. The number of halogens is 1. The summed E-state index contributed by atoms with van der Waals surface area (Å²) in [5, 5.41) is 0.0586. The van der Waals surface area contributed by atoms with Gasteiger partial charge in [0.05, 0.1) is 6.20 Å². The molecular weight excluding hydrogens is 178 g/mol. The van der Waals surface area contributed by atoms with Crippen molar-refractivity contribution in [3.63, 3.8) is 0 Å². The summed E-state index contributed by atoms with van der Waals surface area (Å²) in [6, 6.07) is 0. The van der Waals surface area contributed by atoms with Crippen molar-refractivity contribution in [1.82, 2.24) is 9.32 Å². The molecule has 0 spiro atoms. The second kappa shape index (κ2) is 2.36. The minimum atomic E-state index is -4.23. The highest BCUT2D eigenvalue weighted by molar-refractivity contribution is 7.50. The average Bonchev–Trinajstić information content (AvgIpc) is 2.11. The third kappa shape index (κ3) is 1.58.